The van der Waals surface area contributed by atoms with Gasteiger partial charge in [0.15, 0.2) is 5.82 Å². The van der Waals surface area contributed by atoms with Crippen molar-refractivity contribution in [2.45, 2.75) is 26.2 Å². The molecule has 0 aliphatic heterocycles. The van der Waals surface area contributed by atoms with E-state index in [0.29, 0.717) is 24.1 Å². The lowest BCUT2D eigenvalue weighted by atomic mass is 10.1. The van der Waals surface area contributed by atoms with E-state index in [2.05, 4.69) is 25.4 Å². The van der Waals surface area contributed by atoms with Gasteiger partial charge in [-0.2, -0.15) is 19.5 Å². The van der Waals surface area contributed by atoms with Gasteiger partial charge in [-0.05, 0) is 24.1 Å². The van der Waals surface area contributed by atoms with E-state index in [-0.39, 0.29) is 17.6 Å². The Labute approximate surface area is 133 Å². The molecule has 0 atom stereocenters. The molecular weight excluding hydrogens is 294 g/mol. The number of phenols is 1. The number of phenolic OH excluding ortho intramolecular Hbond substituents is 1. The molecule has 0 radical (unpaired) electrons. The first-order chi connectivity index (χ1) is 11.0. The fourth-order valence-corrected chi connectivity index (χ4v) is 2.13. The summed E-state index contributed by atoms with van der Waals surface area (Å²) in [5.74, 6) is 2.26. The molecule has 8 heteroatoms. The van der Waals surface area contributed by atoms with Crippen molar-refractivity contribution < 1.29 is 5.11 Å². The summed E-state index contributed by atoms with van der Waals surface area (Å²) in [6.07, 6.45) is 0.776. The number of anilines is 2. The van der Waals surface area contributed by atoms with Crippen LogP contribution in [0.2, 0.25) is 0 Å². The second-order valence-electron chi connectivity index (χ2n) is 5.59. The summed E-state index contributed by atoms with van der Waals surface area (Å²) < 4.78 is 1.44. The third-order valence-corrected chi connectivity index (χ3v) is 3.40. The number of nitrogens with one attached hydrogen (secondary N) is 1. The number of aromatic nitrogens is 5. The summed E-state index contributed by atoms with van der Waals surface area (Å²) in [4.78, 5) is 12.9. The molecule has 0 aliphatic rings. The summed E-state index contributed by atoms with van der Waals surface area (Å²) in [5, 5.41) is 16.7. The third kappa shape index (κ3) is 3.31. The molecule has 0 saturated carbocycles. The van der Waals surface area contributed by atoms with E-state index in [1.165, 1.54) is 4.52 Å². The van der Waals surface area contributed by atoms with Gasteiger partial charge in [-0.3, -0.25) is 0 Å². The highest BCUT2D eigenvalue weighted by Crippen LogP contribution is 2.14. The van der Waals surface area contributed by atoms with Crippen molar-refractivity contribution in [3.8, 4) is 5.75 Å². The predicted octanol–water partition coefficient (Wildman–Crippen LogP) is 1.59. The van der Waals surface area contributed by atoms with Crippen LogP contribution in [0.1, 0.15) is 31.2 Å². The quantitative estimate of drug-likeness (QED) is 0.655. The van der Waals surface area contributed by atoms with E-state index in [4.69, 9.17) is 5.73 Å². The predicted molar refractivity (Wildman–Crippen MR) is 87.4 cm³/mol. The Kier molecular flexibility index (Phi) is 3.96. The molecule has 2 heterocycles. The van der Waals surface area contributed by atoms with E-state index < -0.39 is 0 Å². The molecule has 3 rings (SSSR count). The van der Waals surface area contributed by atoms with Crippen LogP contribution in [0.3, 0.4) is 0 Å². The largest absolute Gasteiger partial charge is 0.508 e. The second kappa shape index (κ2) is 6.07. The molecule has 0 bridgehead atoms. The monoisotopic (exact) mass is 313 g/mol. The maximum atomic E-state index is 9.27. The molecule has 8 nitrogen and oxygen atoms in total. The highest BCUT2D eigenvalue weighted by atomic mass is 16.3. The fourth-order valence-electron chi connectivity index (χ4n) is 2.13. The summed E-state index contributed by atoms with van der Waals surface area (Å²) in [6.45, 7) is 4.66. The second-order valence-corrected chi connectivity index (χ2v) is 5.59. The van der Waals surface area contributed by atoms with Gasteiger partial charge in [0.2, 0.25) is 11.9 Å². The van der Waals surface area contributed by atoms with E-state index in [1.807, 2.05) is 26.0 Å². The zero-order valence-corrected chi connectivity index (χ0v) is 13.1. The van der Waals surface area contributed by atoms with E-state index >= 15 is 0 Å². The van der Waals surface area contributed by atoms with Gasteiger partial charge >= 0.3 is 0 Å². The molecule has 2 aromatic heterocycles. The van der Waals surface area contributed by atoms with Gasteiger partial charge < -0.3 is 16.2 Å². The molecule has 120 valence electrons. The summed E-state index contributed by atoms with van der Waals surface area (Å²) >= 11 is 0. The lowest BCUT2D eigenvalue weighted by Gasteiger charge is -2.06. The molecule has 0 saturated heterocycles. The van der Waals surface area contributed by atoms with Crippen molar-refractivity contribution in [2.24, 2.45) is 0 Å². The summed E-state index contributed by atoms with van der Waals surface area (Å²) in [6, 6.07) is 7.09. The van der Waals surface area contributed by atoms with Gasteiger partial charge in [-0.15, -0.1) is 5.10 Å². The van der Waals surface area contributed by atoms with Gasteiger partial charge in [0, 0.05) is 12.5 Å². The van der Waals surface area contributed by atoms with Gasteiger partial charge in [0.1, 0.15) is 5.75 Å². The van der Waals surface area contributed by atoms with Crippen LogP contribution >= 0.6 is 0 Å². The molecule has 1 aromatic carbocycles. The minimum atomic E-state index is 0.196. The van der Waals surface area contributed by atoms with Crippen LogP contribution < -0.4 is 11.1 Å². The van der Waals surface area contributed by atoms with Crippen LogP contribution in [0.15, 0.2) is 24.3 Å². The molecule has 3 aromatic rings. The Bertz CT molecular complexity index is 811. The Hall–Kier alpha value is -2.90. The molecule has 0 amide bonds. The Morgan fingerprint density at radius 3 is 2.61 bits per heavy atom. The third-order valence-electron chi connectivity index (χ3n) is 3.40. The maximum Gasteiger partial charge on any atom is 0.258 e. The van der Waals surface area contributed by atoms with E-state index in [0.717, 1.165) is 12.0 Å². The topological polar surface area (TPSA) is 114 Å². The number of nitrogens with two attached hydrogens (primary N) is 1. The molecule has 23 heavy (non-hydrogen) atoms. The number of nitrogen functional groups attached to an aromatic ring is 1. The van der Waals surface area contributed by atoms with Crippen molar-refractivity contribution in [1.82, 2.24) is 24.6 Å². The van der Waals surface area contributed by atoms with Crippen LogP contribution in [-0.2, 0) is 6.42 Å². The van der Waals surface area contributed by atoms with Crippen molar-refractivity contribution in [3.05, 3.63) is 35.7 Å². The number of aromatic hydroxyl groups is 1. The minimum Gasteiger partial charge on any atom is -0.508 e. The molecule has 0 unspecified atom stereocenters. The first kappa shape index (κ1) is 15.0. The van der Waals surface area contributed by atoms with Crippen molar-refractivity contribution in [3.63, 3.8) is 0 Å². The number of hydrogen-bond donors (Lipinski definition) is 3. The molecule has 0 spiro atoms. The molecular formula is C15H19N7O. The molecule has 4 N–H and O–H groups in total. The smallest absolute Gasteiger partial charge is 0.258 e. The Balaban J connectivity index is 1.71. The lowest BCUT2D eigenvalue weighted by Crippen LogP contribution is -2.12. The highest BCUT2D eigenvalue weighted by Gasteiger charge is 2.12. The van der Waals surface area contributed by atoms with Crippen molar-refractivity contribution >= 4 is 17.7 Å². The summed E-state index contributed by atoms with van der Waals surface area (Å²) in [7, 11) is 0. The van der Waals surface area contributed by atoms with Crippen LogP contribution in [0, 0.1) is 0 Å². The van der Waals surface area contributed by atoms with Crippen LogP contribution in [-0.4, -0.2) is 36.2 Å². The number of benzene rings is 1. The summed E-state index contributed by atoms with van der Waals surface area (Å²) in [5.41, 5.74) is 7.02. The normalized spacial score (nSPS) is 11.3. The fraction of sp³-hybridized carbons (Fsp3) is 0.333. The van der Waals surface area contributed by atoms with Crippen LogP contribution in [0.25, 0.3) is 5.78 Å². The molecule has 0 aliphatic carbocycles. The van der Waals surface area contributed by atoms with Crippen molar-refractivity contribution in [1.29, 1.82) is 0 Å². The number of hydrogen-bond acceptors (Lipinski definition) is 7. The lowest BCUT2D eigenvalue weighted by molar-refractivity contribution is 0.475. The van der Waals surface area contributed by atoms with Gasteiger partial charge in [-0.25, -0.2) is 0 Å². The average Bonchev–Trinajstić information content (AvgIpc) is 2.94. The standard InChI is InChI=1S/C15H19N7O/c1-9(2)12-18-15-20-14(19-13(16)22(15)21-12)17-8-7-10-3-5-11(23)6-4-10/h3-6,9,23H,7-8H2,1-2H3,(H3,16,17,18,19,20,21). The van der Waals surface area contributed by atoms with E-state index in [9.17, 15) is 5.11 Å². The van der Waals surface area contributed by atoms with Gasteiger partial charge in [0.05, 0.1) is 0 Å². The number of rotatable bonds is 5. The minimum absolute atomic E-state index is 0.196. The van der Waals surface area contributed by atoms with Crippen molar-refractivity contribution in [2.75, 3.05) is 17.6 Å². The number of fused-ring (bicyclic) bond motifs is 1. The van der Waals surface area contributed by atoms with Crippen LogP contribution in [0.4, 0.5) is 11.9 Å². The Morgan fingerprint density at radius 1 is 1.17 bits per heavy atom. The van der Waals surface area contributed by atoms with Gasteiger partial charge in [0.25, 0.3) is 5.78 Å². The first-order valence-corrected chi connectivity index (χ1v) is 7.45. The van der Waals surface area contributed by atoms with E-state index in [1.54, 1.807) is 12.1 Å². The Morgan fingerprint density at radius 2 is 1.91 bits per heavy atom. The average molecular weight is 313 g/mol. The zero-order valence-electron chi connectivity index (χ0n) is 13.1. The van der Waals surface area contributed by atoms with Gasteiger partial charge in [-0.1, -0.05) is 26.0 Å². The SMILES string of the molecule is CC(C)c1nc2nc(NCCc3ccc(O)cc3)nc(N)n2n1. The number of nitrogens with zero attached hydrogens (tertiary/aromatic N) is 5. The van der Waals surface area contributed by atoms with Crippen LogP contribution in [0.5, 0.6) is 5.75 Å². The first-order valence-electron chi connectivity index (χ1n) is 7.45. The highest BCUT2D eigenvalue weighted by molar-refractivity contribution is 5.43. The maximum absolute atomic E-state index is 9.27. The zero-order chi connectivity index (χ0) is 16.4. The molecule has 0 fully saturated rings.